The molecule has 0 aromatic carbocycles. The molecule has 1 unspecified atom stereocenters. The Kier molecular flexibility index (Phi) is 5.19. The monoisotopic (exact) mass is 300 g/mol. The molecule has 22 heavy (non-hydrogen) atoms. The fourth-order valence-corrected chi connectivity index (χ4v) is 2.88. The standard InChI is InChI=1S/C17H24N4O/c1-2-21-10-8-16(19-21)13-20(14-17-7-5-11-22-17)12-15-6-3-4-9-18-15/h3-4,6,8-10,17H,2,5,7,11-14H2,1H3. The van der Waals surface area contributed by atoms with Crippen molar-refractivity contribution in [3.05, 3.63) is 48.0 Å². The van der Waals surface area contributed by atoms with Gasteiger partial charge in [0.1, 0.15) is 0 Å². The van der Waals surface area contributed by atoms with E-state index in [9.17, 15) is 0 Å². The van der Waals surface area contributed by atoms with Gasteiger partial charge in [0.05, 0.1) is 17.5 Å². The number of aromatic nitrogens is 3. The average Bonchev–Trinajstić information content (AvgIpc) is 3.20. The molecule has 118 valence electrons. The van der Waals surface area contributed by atoms with Crippen LogP contribution < -0.4 is 0 Å². The summed E-state index contributed by atoms with van der Waals surface area (Å²) in [4.78, 5) is 6.84. The zero-order valence-corrected chi connectivity index (χ0v) is 13.2. The molecule has 1 fully saturated rings. The first kappa shape index (κ1) is 15.2. The van der Waals surface area contributed by atoms with E-state index in [2.05, 4.69) is 34.0 Å². The van der Waals surface area contributed by atoms with Crippen LogP contribution >= 0.6 is 0 Å². The Morgan fingerprint density at radius 2 is 2.18 bits per heavy atom. The highest BCUT2D eigenvalue weighted by molar-refractivity contribution is 5.05. The summed E-state index contributed by atoms with van der Waals surface area (Å²) < 4.78 is 7.77. The maximum Gasteiger partial charge on any atom is 0.0764 e. The molecular weight excluding hydrogens is 276 g/mol. The van der Waals surface area contributed by atoms with Crippen molar-refractivity contribution in [1.29, 1.82) is 0 Å². The smallest absolute Gasteiger partial charge is 0.0764 e. The van der Waals surface area contributed by atoms with Crippen molar-refractivity contribution in [2.45, 2.75) is 45.5 Å². The van der Waals surface area contributed by atoms with E-state index in [4.69, 9.17) is 4.74 Å². The fraction of sp³-hybridized carbons (Fsp3) is 0.529. The van der Waals surface area contributed by atoms with Gasteiger partial charge in [0.2, 0.25) is 0 Å². The predicted octanol–water partition coefficient (Wildman–Crippen LogP) is 2.48. The van der Waals surface area contributed by atoms with E-state index in [1.165, 1.54) is 6.42 Å². The zero-order valence-electron chi connectivity index (χ0n) is 13.2. The van der Waals surface area contributed by atoms with Crippen LogP contribution in [0, 0.1) is 0 Å². The molecule has 2 aromatic heterocycles. The number of rotatable bonds is 7. The average molecular weight is 300 g/mol. The Bertz CT molecular complexity index is 563. The van der Waals surface area contributed by atoms with Gasteiger partial charge in [0.25, 0.3) is 0 Å². The summed E-state index contributed by atoms with van der Waals surface area (Å²) in [7, 11) is 0. The molecule has 0 saturated carbocycles. The van der Waals surface area contributed by atoms with Gasteiger partial charge in [-0.05, 0) is 38.0 Å². The Balaban J connectivity index is 1.67. The zero-order chi connectivity index (χ0) is 15.2. The molecule has 3 rings (SSSR count). The van der Waals surface area contributed by atoms with Crippen molar-refractivity contribution in [3.63, 3.8) is 0 Å². The van der Waals surface area contributed by atoms with Crippen LogP contribution in [0.5, 0.6) is 0 Å². The molecule has 0 amide bonds. The highest BCUT2D eigenvalue weighted by Gasteiger charge is 2.20. The van der Waals surface area contributed by atoms with Crippen molar-refractivity contribution in [3.8, 4) is 0 Å². The molecule has 5 nitrogen and oxygen atoms in total. The van der Waals surface area contributed by atoms with E-state index >= 15 is 0 Å². The van der Waals surface area contributed by atoms with E-state index in [0.29, 0.717) is 6.10 Å². The molecule has 1 saturated heterocycles. The number of pyridine rings is 1. The second kappa shape index (κ2) is 7.51. The Labute approximate surface area is 131 Å². The number of hydrogen-bond acceptors (Lipinski definition) is 4. The quantitative estimate of drug-likeness (QED) is 0.788. The number of nitrogens with zero attached hydrogens (tertiary/aromatic N) is 4. The molecule has 0 radical (unpaired) electrons. The van der Waals surface area contributed by atoms with Gasteiger partial charge in [-0.2, -0.15) is 5.10 Å². The minimum Gasteiger partial charge on any atom is -0.377 e. The lowest BCUT2D eigenvalue weighted by Crippen LogP contribution is -2.32. The number of ether oxygens (including phenoxy) is 1. The van der Waals surface area contributed by atoms with Crippen molar-refractivity contribution < 1.29 is 4.74 Å². The molecule has 1 aliphatic heterocycles. The van der Waals surface area contributed by atoms with Gasteiger partial charge in [-0.3, -0.25) is 14.6 Å². The highest BCUT2D eigenvalue weighted by atomic mass is 16.5. The molecule has 1 aliphatic rings. The third-order valence-corrected chi connectivity index (χ3v) is 4.00. The first-order valence-electron chi connectivity index (χ1n) is 8.09. The van der Waals surface area contributed by atoms with E-state index < -0.39 is 0 Å². The lowest BCUT2D eigenvalue weighted by Gasteiger charge is -2.24. The molecule has 0 aliphatic carbocycles. The molecule has 0 bridgehead atoms. The van der Waals surface area contributed by atoms with Crippen LogP contribution in [0.15, 0.2) is 36.7 Å². The van der Waals surface area contributed by atoms with Gasteiger partial charge >= 0.3 is 0 Å². The van der Waals surface area contributed by atoms with Crippen molar-refractivity contribution in [1.82, 2.24) is 19.7 Å². The maximum atomic E-state index is 5.80. The third kappa shape index (κ3) is 4.15. The van der Waals surface area contributed by atoms with Crippen LogP contribution in [-0.2, 0) is 24.4 Å². The van der Waals surface area contributed by atoms with Gasteiger partial charge in [-0.1, -0.05) is 6.07 Å². The van der Waals surface area contributed by atoms with Gasteiger partial charge in [-0.25, -0.2) is 0 Å². The summed E-state index contributed by atoms with van der Waals surface area (Å²) in [5.74, 6) is 0. The SMILES string of the molecule is CCn1ccc(CN(Cc2ccccn2)CC2CCCO2)n1. The summed E-state index contributed by atoms with van der Waals surface area (Å²) in [6, 6.07) is 8.17. The van der Waals surface area contributed by atoms with Crippen LogP contribution in [-0.4, -0.2) is 38.9 Å². The number of hydrogen-bond donors (Lipinski definition) is 0. The predicted molar refractivity (Wildman–Crippen MR) is 85.2 cm³/mol. The molecule has 0 spiro atoms. The minimum absolute atomic E-state index is 0.344. The first-order valence-corrected chi connectivity index (χ1v) is 8.09. The van der Waals surface area contributed by atoms with Gasteiger partial charge < -0.3 is 4.74 Å². The lowest BCUT2D eigenvalue weighted by molar-refractivity contribution is 0.0670. The van der Waals surface area contributed by atoms with Gasteiger partial charge in [0, 0.05) is 45.2 Å². The summed E-state index contributed by atoms with van der Waals surface area (Å²) in [5, 5.41) is 4.60. The Morgan fingerprint density at radius 1 is 1.27 bits per heavy atom. The fourth-order valence-electron chi connectivity index (χ4n) is 2.88. The molecular formula is C17H24N4O. The largest absolute Gasteiger partial charge is 0.377 e. The number of aryl methyl sites for hydroxylation is 1. The van der Waals surface area contributed by atoms with E-state index in [1.54, 1.807) is 0 Å². The van der Waals surface area contributed by atoms with E-state index in [0.717, 1.165) is 50.6 Å². The lowest BCUT2D eigenvalue weighted by atomic mass is 10.2. The van der Waals surface area contributed by atoms with Crippen LogP contribution in [0.4, 0.5) is 0 Å². The Hall–Kier alpha value is -1.72. The third-order valence-electron chi connectivity index (χ3n) is 4.00. The van der Waals surface area contributed by atoms with E-state index in [1.807, 2.05) is 29.2 Å². The van der Waals surface area contributed by atoms with Crippen LogP contribution in [0.3, 0.4) is 0 Å². The molecule has 5 heteroatoms. The van der Waals surface area contributed by atoms with Crippen molar-refractivity contribution in [2.75, 3.05) is 13.2 Å². The van der Waals surface area contributed by atoms with Crippen LogP contribution in [0.1, 0.15) is 31.2 Å². The molecule has 3 heterocycles. The molecule has 0 N–H and O–H groups in total. The summed E-state index contributed by atoms with van der Waals surface area (Å²) in [5.41, 5.74) is 2.20. The molecule has 2 aromatic rings. The molecule has 1 atom stereocenters. The van der Waals surface area contributed by atoms with Gasteiger partial charge in [0.15, 0.2) is 0 Å². The first-order chi connectivity index (χ1) is 10.8. The second-order valence-corrected chi connectivity index (χ2v) is 5.79. The normalized spacial score (nSPS) is 18.2. The van der Waals surface area contributed by atoms with Crippen LogP contribution in [0.25, 0.3) is 0 Å². The van der Waals surface area contributed by atoms with Crippen molar-refractivity contribution >= 4 is 0 Å². The minimum atomic E-state index is 0.344. The summed E-state index contributed by atoms with van der Waals surface area (Å²) in [6.45, 7) is 6.52. The maximum absolute atomic E-state index is 5.80. The highest BCUT2D eigenvalue weighted by Crippen LogP contribution is 2.16. The summed E-state index contributed by atoms with van der Waals surface area (Å²) >= 11 is 0. The summed E-state index contributed by atoms with van der Waals surface area (Å²) in [6.07, 6.45) is 6.57. The van der Waals surface area contributed by atoms with Crippen molar-refractivity contribution in [2.24, 2.45) is 0 Å². The van der Waals surface area contributed by atoms with Crippen LogP contribution in [0.2, 0.25) is 0 Å². The van der Waals surface area contributed by atoms with Gasteiger partial charge in [-0.15, -0.1) is 0 Å². The second-order valence-electron chi connectivity index (χ2n) is 5.79. The topological polar surface area (TPSA) is 43.2 Å². The van der Waals surface area contributed by atoms with E-state index in [-0.39, 0.29) is 0 Å². The Morgan fingerprint density at radius 3 is 2.86 bits per heavy atom.